The Balaban J connectivity index is 1.68. The minimum atomic E-state index is -2.32. The van der Waals surface area contributed by atoms with Gasteiger partial charge in [0.1, 0.15) is 5.60 Å². The molecule has 5 nitrogen and oxygen atoms in total. The number of nitrogens with zero attached hydrogens (tertiary/aromatic N) is 3. The molecular weight excluding hydrogens is 320 g/mol. The molecule has 0 radical (unpaired) electrons. The summed E-state index contributed by atoms with van der Waals surface area (Å²) in [6.07, 6.45) is 3.91. The van der Waals surface area contributed by atoms with E-state index in [2.05, 4.69) is 22.6 Å². The van der Waals surface area contributed by atoms with Crippen LogP contribution < -0.4 is 5.32 Å². The second-order valence-electron chi connectivity index (χ2n) is 6.11. The molecule has 0 amide bonds. The summed E-state index contributed by atoms with van der Waals surface area (Å²) < 4.78 is 30.4. The van der Waals surface area contributed by atoms with E-state index < -0.39 is 12.6 Å². The number of nitrogens with one attached hydrogen (secondary N) is 1. The molecule has 0 saturated carbocycles. The highest BCUT2D eigenvalue weighted by molar-refractivity contribution is 7.16. The monoisotopic (exact) mass is 341 g/mol. The third kappa shape index (κ3) is 2.38. The number of halogens is 1. The summed E-state index contributed by atoms with van der Waals surface area (Å²) in [5.41, 5.74) is 1.49. The van der Waals surface area contributed by atoms with Crippen molar-refractivity contribution in [2.24, 2.45) is 6.98 Å². The molecule has 0 aromatic carbocycles. The van der Waals surface area contributed by atoms with Crippen LogP contribution in [0.4, 0.5) is 0 Å². The Hall–Kier alpha value is -0.950. The molecule has 1 spiro atoms. The highest BCUT2D eigenvalue weighted by Crippen LogP contribution is 2.49. The lowest BCUT2D eigenvalue weighted by atomic mass is 9.79. The standard InChI is InChI=1S/C15H19ClN4OS/c1-9-6-15(7-11(17-9)12-8-20(2)19-18-12)14-10(3-4-21-15)5-13(16)22-14/h5,8-9,11,17H,3-4,6-7H2,1-2H3/t9-,11-,15-/m0/s1/i2D3. The van der Waals surface area contributed by atoms with E-state index in [1.807, 2.05) is 6.07 Å². The number of aromatic nitrogens is 3. The zero-order valence-corrected chi connectivity index (χ0v) is 13.7. The first kappa shape index (κ1) is 11.6. The van der Waals surface area contributed by atoms with E-state index in [4.69, 9.17) is 20.5 Å². The maximum absolute atomic E-state index is 7.46. The van der Waals surface area contributed by atoms with E-state index in [1.54, 1.807) is 11.3 Å². The van der Waals surface area contributed by atoms with Crippen LogP contribution in [-0.2, 0) is 23.7 Å². The van der Waals surface area contributed by atoms with E-state index in [0.717, 1.165) is 21.9 Å². The lowest BCUT2D eigenvalue weighted by molar-refractivity contribution is -0.0957. The normalized spacial score (nSPS) is 34.0. The van der Waals surface area contributed by atoms with Gasteiger partial charge in [-0.1, -0.05) is 16.8 Å². The third-order valence-corrected chi connectivity index (χ3v) is 5.96. The van der Waals surface area contributed by atoms with Crippen LogP contribution >= 0.6 is 22.9 Å². The average molecular weight is 342 g/mol. The Labute approximate surface area is 142 Å². The van der Waals surface area contributed by atoms with E-state index in [-0.39, 0.29) is 12.1 Å². The molecule has 0 unspecified atom stereocenters. The minimum Gasteiger partial charge on any atom is -0.369 e. The summed E-state index contributed by atoms with van der Waals surface area (Å²) in [4.78, 5) is 1.20. The fraction of sp³-hybridized carbons (Fsp3) is 0.600. The maximum Gasteiger partial charge on any atom is 0.106 e. The predicted molar refractivity (Wildman–Crippen MR) is 86.2 cm³/mol. The van der Waals surface area contributed by atoms with Crippen molar-refractivity contribution in [2.45, 2.75) is 43.9 Å². The first-order valence-corrected chi connectivity index (χ1v) is 8.58. The van der Waals surface area contributed by atoms with Gasteiger partial charge in [-0.3, -0.25) is 4.68 Å². The number of piperidine rings is 1. The molecular formula is C15H19ClN4OS. The van der Waals surface area contributed by atoms with Gasteiger partial charge in [0, 0.05) is 34.6 Å². The topological polar surface area (TPSA) is 52.0 Å². The number of fused-ring (bicyclic) bond motifs is 2. The summed E-state index contributed by atoms with van der Waals surface area (Å²) in [5, 5.41) is 11.4. The summed E-state index contributed by atoms with van der Waals surface area (Å²) in [5.74, 6) is 0. The molecule has 2 aromatic heterocycles. The molecule has 3 atom stereocenters. The first-order valence-electron chi connectivity index (χ1n) is 8.88. The lowest BCUT2D eigenvalue weighted by Crippen LogP contribution is -2.49. The lowest BCUT2D eigenvalue weighted by Gasteiger charge is -2.45. The summed E-state index contributed by atoms with van der Waals surface area (Å²) in [6, 6.07) is 2.12. The molecule has 22 heavy (non-hydrogen) atoms. The molecule has 118 valence electrons. The van der Waals surface area contributed by atoms with Gasteiger partial charge in [-0.05, 0) is 31.4 Å². The smallest absolute Gasteiger partial charge is 0.106 e. The molecule has 2 aliphatic heterocycles. The Morgan fingerprint density at radius 2 is 2.50 bits per heavy atom. The molecule has 1 N–H and O–H groups in total. The van der Waals surface area contributed by atoms with Crippen LogP contribution in [0.1, 0.15) is 46.1 Å². The van der Waals surface area contributed by atoms with Crippen LogP contribution in [0, 0.1) is 0 Å². The Morgan fingerprint density at radius 3 is 3.32 bits per heavy atom. The largest absolute Gasteiger partial charge is 0.369 e. The molecule has 0 aliphatic carbocycles. The van der Waals surface area contributed by atoms with E-state index in [1.165, 1.54) is 16.6 Å². The molecule has 0 bridgehead atoms. The number of hydrogen-bond acceptors (Lipinski definition) is 5. The van der Waals surface area contributed by atoms with Gasteiger partial charge in [0.25, 0.3) is 0 Å². The SMILES string of the molecule is [2H]C([2H])([2H])n1cc([C@@H]2C[C@]3(C[C@H](C)N2)OCCc2cc(Cl)sc23)nn1. The van der Waals surface area contributed by atoms with Crippen LogP contribution in [0.5, 0.6) is 0 Å². The van der Waals surface area contributed by atoms with Crippen molar-refractivity contribution in [3.8, 4) is 0 Å². The number of aryl methyl sites for hydroxylation is 1. The van der Waals surface area contributed by atoms with Crippen LogP contribution in [0.25, 0.3) is 0 Å². The zero-order chi connectivity index (χ0) is 17.8. The van der Waals surface area contributed by atoms with Gasteiger partial charge in [-0.25, -0.2) is 0 Å². The second kappa shape index (κ2) is 5.30. The van der Waals surface area contributed by atoms with Crippen molar-refractivity contribution in [3.63, 3.8) is 0 Å². The van der Waals surface area contributed by atoms with Gasteiger partial charge in [0.15, 0.2) is 0 Å². The van der Waals surface area contributed by atoms with Crippen molar-refractivity contribution in [1.29, 1.82) is 0 Å². The molecule has 2 aromatic rings. The fourth-order valence-corrected chi connectivity index (χ4v) is 5.15. The molecule has 1 saturated heterocycles. The zero-order valence-electron chi connectivity index (χ0n) is 15.2. The highest BCUT2D eigenvalue weighted by atomic mass is 35.5. The van der Waals surface area contributed by atoms with Crippen LogP contribution in [0.15, 0.2) is 12.3 Å². The summed E-state index contributed by atoms with van der Waals surface area (Å²) in [6.45, 7) is 0.454. The van der Waals surface area contributed by atoms with Gasteiger partial charge in [-0.2, -0.15) is 0 Å². The number of thiophene rings is 1. The summed E-state index contributed by atoms with van der Waals surface area (Å²) >= 11 is 7.84. The highest BCUT2D eigenvalue weighted by Gasteiger charge is 2.46. The molecule has 4 heterocycles. The Morgan fingerprint density at radius 1 is 1.59 bits per heavy atom. The number of rotatable bonds is 1. The average Bonchev–Trinajstić information content (AvgIpc) is 3.13. The molecule has 2 aliphatic rings. The van der Waals surface area contributed by atoms with Gasteiger partial charge in [-0.15, -0.1) is 16.4 Å². The second-order valence-corrected chi connectivity index (χ2v) is 7.80. The maximum atomic E-state index is 7.46. The van der Waals surface area contributed by atoms with Crippen molar-refractivity contribution in [2.75, 3.05) is 6.61 Å². The predicted octanol–water partition coefficient (Wildman–Crippen LogP) is 2.81. The van der Waals surface area contributed by atoms with Gasteiger partial charge in [0.2, 0.25) is 0 Å². The molecule has 4 rings (SSSR count). The fourth-order valence-electron chi connectivity index (χ4n) is 3.69. The quantitative estimate of drug-likeness (QED) is 0.866. The van der Waals surface area contributed by atoms with Crippen molar-refractivity contribution in [3.05, 3.63) is 32.7 Å². The van der Waals surface area contributed by atoms with E-state index >= 15 is 0 Å². The summed E-state index contributed by atoms with van der Waals surface area (Å²) in [7, 11) is 0. The van der Waals surface area contributed by atoms with Gasteiger partial charge < -0.3 is 10.1 Å². The van der Waals surface area contributed by atoms with Crippen molar-refractivity contribution >= 4 is 22.9 Å². The number of ether oxygens (including phenoxy) is 1. The van der Waals surface area contributed by atoms with E-state index in [0.29, 0.717) is 18.7 Å². The minimum absolute atomic E-state index is 0.119. The van der Waals surface area contributed by atoms with Crippen LogP contribution in [-0.4, -0.2) is 27.6 Å². The Bertz CT molecular complexity index is 792. The van der Waals surface area contributed by atoms with E-state index in [9.17, 15) is 0 Å². The first-order chi connectivity index (χ1) is 11.8. The van der Waals surface area contributed by atoms with Gasteiger partial charge in [0.05, 0.1) is 22.7 Å². The molecule has 1 fully saturated rings. The third-order valence-electron chi connectivity index (χ3n) is 4.47. The van der Waals surface area contributed by atoms with Gasteiger partial charge >= 0.3 is 0 Å². The van der Waals surface area contributed by atoms with Crippen molar-refractivity contribution < 1.29 is 8.85 Å². The Kier molecular flexibility index (Phi) is 2.79. The van der Waals surface area contributed by atoms with Crippen molar-refractivity contribution in [1.82, 2.24) is 20.3 Å². The molecule has 7 heteroatoms. The van der Waals surface area contributed by atoms with Crippen LogP contribution in [0.3, 0.4) is 0 Å². The number of hydrogen-bond donors (Lipinski definition) is 1. The van der Waals surface area contributed by atoms with Crippen LogP contribution in [0.2, 0.25) is 4.34 Å².